The lowest BCUT2D eigenvalue weighted by atomic mass is 9.33. The van der Waals surface area contributed by atoms with Crippen molar-refractivity contribution in [3.05, 3.63) is 173 Å². The second-order valence-electron chi connectivity index (χ2n) is 21.1. The molecule has 2 aliphatic heterocycles. The number of ether oxygens (including phenoxy) is 1. The first-order valence-electron chi connectivity index (χ1n) is 22.0. The van der Waals surface area contributed by atoms with Crippen LogP contribution in [-0.4, -0.2) is 6.71 Å². The van der Waals surface area contributed by atoms with Crippen molar-refractivity contribution < 1.29 is 4.74 Å². The number of para-hydroxylation sites is 2. The Bertz CT molecular complexity index is 2820. The van der Waals surface area contributed by atoms with Crippen LogP contribution < -0.4 is 30.9 Å². The SMILES string of the molecule is CC(C)(C)c1ccc(N2c3ccc(C(C)(C)C)cc3B3c4cc5c(cc4Oc4cc(C(C)(C)C)cc2c43)-c2ccc(N(c3ccccc3)c3ccccc3)cc2C5(C)C)cc1. The van der Waals surface area contributed by atoms with Gasteiger partial charge < -0.3 is 14.5 Å². The van der Waals surface area contributed by atoms with Crippen LogP contribution in [0.4, 0.5) is 34.1 Å². The molecule has 61 heavy (non-hydrogen) atoms. The summed E-state index contributed by atoms with van der Waals surface area (Å²) in [7, 11) is 0. The van der Waals surface area contributed by atoms with Crippen LogP contribution in [0.25, 0.3) is 11.1 Å². The topological polar surface area (TPSA) is 15.7 Å². The molecule has 0 atom stereocenters. The molecule has 0 unspecified atom stereocenters. The van der Waals surface area contributed by atoms with Crippen molar-refractivity contribution in [2.24, 2.45) is 0 Å². The molecule has 7 aromatic rings. The molecule has 0 fully saturated rings. The van der Waals surface area contributed by atoms with E-state index in [-0.39, 0.29) is 28.4 Å². The highest BCUT2D eigenvalue weighted by atomic mass is 16.5. The van der Waals surface area contributed by atoms with Gasteiger partial charge in [0.2, 0.25) is 0 Å². The van der Waals surface area contributed by atoms with Crippen molar-refractivity contribution in [2.75, 3.05) is 9.80 Å². The van der Waals surface area contributed by atoms with Crippen molar-refractivity contribution in [3.8, 4) is 22.6 Å². The molecule has 3 aliphatic rings. The van der Waals surface area contributed by atoms with Crippen LogP contribution in [-0.2, 0) is 21.7 Å². The first-order chi connectivity index (χ1) is 28.9. The maximum atomic E-state index is 7.27. The van der Waals surface area contributed by atoms with Crippen LogP contribution in [0.1, 0.15) is 104 Å². The Morgan fingerprint density at radius 3 is 1.67 bits per heavy atom. The maximum absolute atomic E-state index is 7.27. The van der Waals surface area contributed by atoms with Gasteiger partial charge in [-0.25, -0.2) is 0 Å². The predicted octanol–water partition coefficient (Wildman–Crippen LogP) is 13.8. The van der Waals surface area contributed by atoms with Gasteiger partial charge in [0.05, 0.1) is 0 Å². The number of anilines is 6. The molecular formula is C57H57BN2O. The summed E-state index contributed by atoms with van der Waals surface area (Å²) in [4.78, 5) is 4.87. The predicted molar refractivity (Wildman–Crippen MR) is 261 cm³/mol. The van der Waals surface area contributed by atoms with Gasteiger partial charge in [0, 0.05) is 39.5 Å². The van der Waals surface area contributed by atoms with Crippen molar-refractivity contribution in [1.82, 2.24) is 0 Å². The van der Waals surface area contributed by atoms with Gasteiger partial charge in [-0.1, -0.05) is 149 Å². The molecule has 1 aliphatic carbocycles. The van der Waals surface area contributed by atoms with Gasteiger partial charge in [0.25, 0.3) is 6.71 Å². The molecule has 2 heterocycles. The van der Waals surface area contributed by atoms with E-state index in [1.54, 1.807) is 0 Å². The zero-order chi connectivity index (χ0) is 42.8. The Balaban J connectivity index is 1.18. The first kappa shape index (κ1) is 39.2. The molecule has 0 saturated carbocycles. The van der Waals surface area contributed by atoms with E-state index in [1.165, 1.54) is 66.7 Å². The number of hydrogen-bond donors (Lipinski definition) is 0. The quantitative estimate of drug-likeness (QED) is 0.165. The molecule has 3 nitrogen and oxygen atoms in total. The van der Waals surface area contributed by atoms with E-state index < -0.39 is 0 Å². The summed E-state index contributed by atoms with van der Waals surface area (Å²) < 4.78 is 7.27. The van der Waals surface area contributed by atoms with Crippen molar-refractivity contribution >= 4 is 57.2 Å². The minimum absolute atomic E-state index is 0.00260. The number of nitrogens with zero attached hydrogens (tertiary/aromatic N) is 2. The van der Waals surface area contributed by atoms with Crippen LogP contribution in [0.5, 0.6) is 11.5 Å². The van der Waals surface area contributed by atoms with Gasteiger partial charge in [0.1, 0.15) is 11.5 Å². The summed E-state index contributed by atoms with van der Waals surface area (Å²) >= 11 is 0. The van der Waals surface area contributed by atoms with E-state index in [1.807, 2.05) is 0 Å². The third-order valence-electron chi connectivity index (χ3n) is 13.6. The summed E-state index contributed by atoms with van der Waals surface area (Å²) in [6.45, 7) is 25.6. The molecule has 0 amide bonds. The minimum atomic E-state index is -0.250. The Hall–Kier alpha value is -6.00. The summed E-state index contributed by atoms with van der Waals surface area (Å²) in [5.41, 5.74) is 19.7. The third kappa shape index (κ3) is 6.32. The average molecular weight is 797 g/mol. The van der Waals surface area contributed by atoms with Crippen molar-refractivity contribution in [1.29, 1.82) is 0 Å². The molecule has 0 saturated heterocycles. The third-order valence-corrected chi connectivity index (χ3v) is 13.6. The van der Waals surface area contributed by atoms with Gasteiger partial charge in [-0.05, 0) is 144 Å². The highest BCUT2D eigenvalue weighted by Gasteiger charge is 2.46. The van der Waals surface area contributed by atoms with E-state index in [9.17, 15) is 0 Å². The van der Waals surface area contributed by atoms with Gasteiger partial charge in [0.15, 0.2) is 0 Å². The normalized spacial score (nSPS) is 14.7. The van der Waals surface area contributed by atoms with Gasteiger partial charge in [-0.15, -0.1) is 0 Å². The van der Waals surface area contributed by atoms with E-state index in [4.69, 9.17) is 4.74 Å². The Morgan fingerprint density at radius 2 is 1.07 bits per heavy atom. The summed E-state index contributed by atoms with van der Waals surface area (Å²) in [5.74, 6) is 1.91. The Kier molecular flexibility index (Phi) is 8.67. The van der Waals surface area contributed by atoms with Gasteiger partial charge in [-0.3, -0.25) is 0 Å². The minimum Gasteiger partial charge on any atom is -0.458 e. The summed E-state index contributed by atoms with van der Waals surface area (Å²) in [5, 5.41) is 0. The van der Waals surface area contributed by atoms with E-state index in [0.717, 1.165) is 34.2 Å². The molecule has 0 N–H and O–H groups in total. The zero-order valence-electron chi connectivity index (χ0n) is 37.7. The van der Waals surface area contributed by atoms with E-state index >= 15 is 0 Å². The fraction of sp³-hybridized carbons (Fsp3) is 0.263. The first-order valence-corrected chi connectivity index (χ1v) is 22.0. The lowest BCUT2D eigenvalue weighted by Gasteiger charge is -2.42. The largest absolute Gasteiger partial charge is 0.458 e. The molecule has 304 valence electrons. The molecule has 0 aromatic heterocycles. The van der Waals surface area contributed by atoms with Crippen LogP contribution in [0, 0.1) is 0 Å². The summed E-state index contributed by atoms with van der Waals surface area (Å²) in [6.07, 6.45) is 0. The van der Waals surface area contributed by atoms with Gasteiger partial charge in [-0.2, -0.15) is 0 Å². The van der Waals surface area contributed by atoms with Crippen LogP contribution in [0.3, 0.4) is 0 Å². The zero-order valence-corrected chi connectivity index (χ0v) is 37.7. The highest BCUT2D eigenvalue weighted by Crippen LogP contribution is 2.53. The number of benzene rings is 7. The fourth-order valence-corrected chi connectivity index (χ4v) is 10.00. The smallest absolute Gasteiger partial charge is 0.256 e. The molecule has 7 aromatic carbocycles. The number of hydrogen-bond acceptors (Lipinski definition) is 3. The molecule has 10 rings (SSSR count). The fourth-order valence-electron chi connectivity index (χ4n) is 10.00. The monoisotopic (exact) mass is 796 g/mol. The lowest BCUT2D eigenvalue weighted by molar-refractivity contribution is 0.483. The van der Waals surface area contributed by atoms with Crippen LogP contribution in [0.15, 0.2) is 146 Å². The molecule has 4 heteroatoms. The van der Waals surface area contributed by atoms with Gasteiger partial charge >= 0.3 is 0 Å². The number of rotatable bonds is 4. The van der Waals surface area contributed by atoms with Crippen LogP contribution in [0.2, 0.25) is 0 Å². The number of fused-ring (bicyclic) bond motifs is 7. The second-order valence-corrected chi connectivity index (χ2v) is 21.1. The Morgan fingerprint density at radius 1 is 0.475 bits per heavy atom. The standard InChI is InChI=1S/C57H57BN2O/c1-54(2,3)36-22-25-41(26-23-36)60-49-29-24-37(55(4,5)6)30-47(49)58-48-35-46-44(34-51(48)61-52-32-38(56(7,8)9)31-50(60)53(52)58)43-28-27-42(33-45(43)57(46,10)11)59(39-18-14-12-15-19-39)40-20-16-13-17-21-40/h12-35H,1-11H3. The van der Waals surface area contributed by atoms with E-state index in [0.29, 0.717) is 0 Å². The van der Waals surface area contributed by atoms with Crippen molar-refractivity contribution in [2.45, 2.75) is 97.8 Å². The average Bonchev–Trinajstić information content (AvgIpc) is 3.44. The molecule has 0 radical (unpaired) electrons. The summed E-state index contributed by atoms with van der Waals surface area (Å²) in [6, 6.07) is 54.6. The molecule has 0 bridgehead atoms. The highest BCUT2D eigenvalue weighted by molar-refractivity contribution is 6.99. The maximum Gasteiger partial charge on any atom is 0.256 e. The van der Waals surface area contributed by atoms with E-state index in [2.05, 4.69) is 232 Å². The lowest BCUT2D eigenvalue weighted by Crippen LogP contribution is -2.60. The second kappa shape index (κ2) is 13.5. The molecular weight excluding hydrogens is 739 g/mol. The van der Waals surface area contributed by atoms with Crippen molar-refractivity contribution in [3.63, 3.8) is 0 Å². The molecule has 0 spiro atoms. The van der Waals surface area contributed by atoms with Crippen LogP contribution >= 0.6 is 0 Å². The Labute approximate surface area is 364 Å².